The van der Waals surface area contributed by atoms with Gasteiger partial charge in [0.1, 0.15) is 12.2 Å². The number of nitrogens with zero attached hydrogens (tertiary/aromatic N) is 4. The molecule has 0 bridgehead atoms. The van der Waals surface area contributed by atoms with E-state index in [0.717, 1.165) is 11.5 Å². The zero-order valence-corrected chi connectivity index (χ0v) is 11.0. The van der Waals surface area contributed by atoms with Gasteiger partial charge in [0.25, 0.3) is 0 Å². The molecule has 18 heavy (non-hydrogen) atoms. The van der Waals surface area contributed by atoms with Crippen molar-refractivity contribution >= 4 is 0 Å². The molecule has 2 rings (SSSR count). The molecule has 2 aromatic rings. The van der Waals surface area contributed by atoms with Crippen LogP contribution in [-0.2, 0) is 6.42 Å². The number of hydrogen-bond acceptors (Lipinski definition) is 4. The van der Waals surface area contributed by atoms with Crippen LogP contribution in [0.15, 0.2) is 24.7 Å². The molecule has 2 heterocycles. The molecule has 0 fully saturated rings. The summed E-state index contributed by atoms with van der Waals surface area (Å²) in [6.07, 6.45) is 4.01. The molecule has 0 radical (unpaired) electrons. The zero-order chi connectivity index (χ0) is 13.1. The molecule has 0 amide bonds. The Bertz CT molecular complexity index is 518. The lowest BCUT2D eigenvalue weighted by molar-refractivity contribution is 0.491. The van der Waals surface area contributed by atoms with Gasteiger partial charge >= 0.3 is 0 Å². The quantitative estimate of drug-likeness (QED) is 0.891. The summed E-state index contributed by atoms with van der Waals surface area (Å²) in [7, 11) is 0. The third-order valence-corrected chi connectivity index (χ3v) is 2.86. The molecule has 0 saturated carbocycles. The fraction of sp³-hybridized carbons (Fsp3) is 0.462. The average Bonchev–Trinajstić information content (AvgIpc) is 2.77. The van der Waals surface area contributed by atoms with Gasteiger partial charge < -0.3 is 5.73 Å². The Hall–Kier alpha value is -1.75. The van der Waals surface area contributed by atoms with Crippen molar-refractivity contribution in [3.63, 3.8) is 0 Å². The fourth-order valence-corrected chi connectivity index (χ4v) is 1.92. The van der Waals surface area contributed by atoms with Crippen LogP contribution in [-0.4, -0.2) is 19.7 Å². The van der Waals surface area contributed by atoms with E-state index in [1.807, 2.05) is 23.7 Å². The first-order valence-electron chi connectivity index (χ1n) is 6.14. The lowest BCUT2D eigenvalue weighted by Crippen LogP contribution is -2.19. The van der Waals surface area contributed by atoms with Gasteiger partial charge in [-0.25, -0.2) is 9.67 Å². The highest BCUT2D eigenvalue weighted by Gasteiger charge is 2.14. The molecule has 0 aliphatic heterocycles. The van der Waals surface area contributed by atoms with Crippen LogP contribution in [0.2, 0.25) is 0 Å². The maximum Gasteiger partial charge on any atom is 0.138 e. The topological polar surface area (TPSA) is 69.6 Å². The van der Waals surface area contributed by atoms with Gasteiger partial charge in [0.15, 0.2) is 0 Å². The van der Waals surface area contributed by atoms with Crippen molar-refractivity contribution in [1.82, 2.24) is 19.7 Å². The highest BCUT2D eigenvalue weighted by Crippen LogP contribution is 2.15. The maximum absolute atomic E-state index is 6.18. The standard InChI is InChI=1S/C13H19N5/c1-9(2)18-13(16-8-17-18)7-11(14)12-6-10(3)4-5-15-12/h4-6,8-9,11H,7,14H2,1-3H3. The van der Waals surface area contributed by atoms with Gasteiger partial charge in [-0.2, -0.15) is 5.10 Å². The molecular weight excluding hydrogens is 226 g/mol. The lowest BCUT2D eigenvalue weighted by Gasteiger charge is -2.13. The van der Waals surface area contributed by atoms with E-state index >= 15 is 0 Å². The van der Waals surface area contributed by atoms with Crippen molar-refractivity contribution in [1.29, 1.82) is 0 Å². The maximum atomic E-state index is 6.18. The van der Waals surface area contributed by atoms with Crippen molar-refractivity contribution in [2.45, 2.75) is 39.3 Å². The summed E-state index contributed by atoms with van der Waals surface area (Å²) in [5, 5.41) is 4.21. The minimum Gasteiger partial charge on any atom is -0.322 e. The Morgan fingerprint density at radius 2 is 2.11 bits per heavy atom. The molecule has 2 N–H and O–H groups in total. The molecule has 0 aliphatic carbocycles. The molecule has 0 spiro atoms. The first-order valence-corrected chi connectivity index (χ1v) is 6.14. The number of pyridine rings is 1. The molecule has 5 heteroatoms. The van der Waals surface area contributed by atoms with Gasteiger partial charge in [-0.05, 0) is 38.5 Å². The molecular formula is C13H19N5. The van der Waals surface area contributed by atoms with E-state index < -0.39 is 0 Å². The second-order valence-corrected chi connectivity index (χ2v) is 4.78. The molecule has 5 nitrogen and oxygen atoms in total. The molecule has 96 valence electrons. The van der Waals surface area contributed by atoms with Gasteiger partial charge in [-0.3, -0.25) is 4.98 Å². The summed E-state index contributed by atoms with van der Waals surface area (Å²) in [5.74, 6) is 0.904. The summed E-state index contributed by atoms with van der Waals surface area (Å²) in [6.45, 7) is 6.19. The van der Waals surface area contributed by atoms with E-state index in [-0.39, 0.29) is 6.04 Å². The van der Waals surface area contributed by atoms with E-state index in [4.69, 9.17) is 5.73 Å². The van der Waals surface area contributed by atoms with Crippen LogP contribution in [0.25, 0.3) is 0 Å². The second kappa shape index (κ2) is 5.27. The Kier molecular flexibility index (Phi) is 3.72. The Balaban J connectivity index is 2.16. The van der Waals surface area contributed by atoms with Crippen molar-refractivity contribution in [2.24, 2.45) is 5.73 Å². The first-order chi connectivity index (χ1) is 8.58. The largest absolute Gasteiger partial charge is 0.322 e. The number of aryl methyl sites for hydroxylation is 1. The van der Waals surface area contributed by atoms with Crippen LogP contribution in [0.3, 0.4) is 0 Å². The van der Waals surface area contributed by atoms with Crippen LogP contribution in [0.5, 0.6) is 0 Å². The average molecular weight is 245 g/mol. The van der Waals surface area contributed by atoms with Crippen LogP contribution < -0.4 is 5.73 Å². The van der Waals surface area contributed by atoms with E-state index in [9.17, 15) is 0 Å². The second-order valence-electron chi connectivity index (χ2n) is 4.78. The molecule has 2 aromatic heterocycles. The molecule has 0 aliphatic rings. The van der Waals surface area contributed by atoms with Crippen molar-refractivity contribution in [3.8, 4) is 0 Å². The summed E-state index contributed by atoms with van der Waals surface area (Å²) < 4.78 is 1.90. The van der Waals surface area contributed by atoms with Crippen molar-refractivity contribution in [3.05, 3.63) is 41.7 Å². The molecule has 1 atom stereocenters. The lowest BCUT2D eigenvalue weighted by atomic mass is 10.1. The van der Waals surface area contributed by atoms with Crippen LogP contribution in [0.4, 0.5) is 0 Å². The van der Waals surface area contributed by atoms with Gasteiger partial charge in [0, 0.05) is 18.7 Å². The summed E-state index contributed by atoms with van der Waals surface area (Å²) >= 11 is 0. The third-order valence-electron chi connectivity index (χ3n) is 2.86. The first kappa shape index (κ1) is 12.7. The van der Waals surface area contributed by atoms with E-state index in [1.165, 1.54) is 5.56 Å². The normalized spacial score (nSPS) is 12.9. The van der Waals surface area contributed by atoms with E-state index in [0.29, 0.717) is 12.5 Å². The zero-order valence-electron chi connectivity index (χ0n) is 11.0. The summed E-state index contributed by atoms with van der Waals surface area (Å²) in [6, 6.07) is 4.12. The van der Waals surface area contributed by atoms with E-state index in [1.54, 1.807) is 12.5 Å². The Morgan fingerprint density at radius 3 is 2.78 bits per heavy atom. The number of nitrogens with two attached hydrogens (primary N) is 1. The number of rotatable bonds is 4. The predicted molar refractivity (Wildman–Crippen MR) is 70.0 cm³/mol. The third kappa shape index (κ3) is 2.73. The smallest absolute Gasteiger partial charge is 0.138 e. The van der Waals surface area contributed by atoms with Gasteiger partial charge in [0.2, 0.25) is 0 Å². The summed E-state index contributed by atoms with van der Waals surface area (Å²) in [5.41, 5.74) is 8.24. The SMILES string of the molecule is Cc1ccnc(C(N)Cc2ncnn2C(C)C)c1. The van der Waals surface area contributed by atoms with Gasteiger partial charge in [-0.15, -0.1) is 0 Å². The molecule has 0 aromatic carbocycles. The van der Waals surface area contributed by atoms with Crippen molar-refractivity contribution in [2.75, 3.05) is 0 Å². The van der Waals surface area contributed by atoms with Crippen LogP contribution in [0, 0.1) is 6.92 Å². The monoisotopic (exact) mass is 245 g/mol. The Labute approximate surface area is 107 Å². The van der Waals surface area contributed by atoms with Crippen molar-refractivity contribution < 1.29 is 0 Å². The minimum atomic E-state index is -0.147. The number of aromatic nitrogens is 4. The number of hydrogen-bond donors (Lipinski definition) is 1. The fourth-order valence-electron chi connectivity index (χ4n) is 1.92. The van der Waals surface area contributed by atoms with Crippen LogP contribution in [0.1, 0.15) is 43.0 Å². The predicted octanol–water partition coefficient (Wildman–Crippen LogP) is 1.80. The highest BCUT2D eigenvalue weighted by molar-refractivity contribution is 5.17. The van der Waals surface area contributed by atoms with Gasteiger partial charge in [0.05, 0.1) is 11.7 Å². The minimum absolute atomic E-state index is 0.147. The highest BCUT2D eigenvalue weighted by atomic mass is 15.3. The van der Waals surface area contributed by atoms with E-state index in [2.05, 4.69) is 28.9 Å². The Morgan fingerprint density at radius 1 is 1.33 bits per heavy atom. The molecule has 1 unspecified atom stereocenters. The van der Waals surface area contributed by atoms with Gasteiger partial charge in [-0.1, -0.05) is 0 Å². The van der Waals surface area contributed by atoms with Crippen LogP contribution >= 0.6 is 0 Å². The molecule has 0 saturated heterocycles. The summed E-state index contributed by atoms with van der Waals surface area (Å²) in [4.78, 5) is 8.58.